The van der Waals surface area contributed by atoms with Crippen LogP contribution in [0, 0.1) is 0 Å². The first-order valence-corrected chi connectivity index (χ1v) is 8.08. The number of phenolic OH excluding ortho intramolecular Hbond substituents is 1. The maximum absolute atomic E-state index is 11.0. The summed E-state index contributed by atoms with van der Waals surface area (Å²) in [6.45, 7) is 0. The molecule has 2 aromatic carbocycles. The molecule has 2 aromatic heterocycles. The highest BCUT2D eigenvalue weighted by molar-refractivity contribution is 5.82. The Labute approximate surface area is 154 Å². The Hall–Kier alpha value is -3.94. The van der Waals surface area contributed by atoms with Gasteiger partial charge in [-0.2, -0.15) is 10.1 Å². The number of fused-ring (bicyclic) bond motifs is 1. The fraction of sp³-hybridized carbons (Fsp3) is 0.0526. The molecule has 8 heteroatoms. The number of methoxy groups -OCH3 is 1. The van der Waals surface area contributed by atoms with Crippen LogP contribution in [0.1, 0.15) is 10.4 Å². The van der Waals surface area contributed by atoms with E-state index in [1.807, 2.05) is 24.3 Å². The molecule has 0 fully saturated rings. The molecule has 4 aromatic rings. The van der Waals surface area contributed by atoms with Gasteiger partial charge in [-0.3, -0.25) is 4.79 Å². The number of hydrogen-bond acceptors (Lipinski definition) is 7. The van der Waals surface area contributed by atoms with E-state index in [1.165, 1.54) is 12.1 Å². The van der Waals surface area contributed by atoms with Crippen LogP contribution in [0.25, 0.3) is 16.7 Å². The summed E-state index contributed by atoms with van der Waals surface area (Å²) in [6.07, 6.45) is 3.94. The quantitative estimate of drug-likeness (QED) is 0.416. The molecule has 2 heterocycles. The Kier molecular flexibility index (Phi) is 4.13. The van der Waals surface area contributed by atoms with Gasteiger partial charge in [0.25, 0.3) is 0 Å². The van der Waals surface area contributed by atoms with Crippen molar-refractivity contribution in [2.45, 2.75) is 0 Å². The van der Waals surface area contributed by atoms with Crippen LogP contribution in [-0.2, 0) is 0 Å². The topological polar surface area (TPSA) is 102 Å². The number of aldehydes is 1. The molecule has 0 saturated carbocycles. The molecule has 0 saturated heterocycles. The van der Waals surface area contributed by atoms with E-state index in [4.69, 9.17) is 4.74 Å². The molecule has 8 nitrogen and oxygen atoms in total. The van der Waals surface area contributed by atoms with Gasteiger partial charge in [-0.15, -0.1) is 0 Å². The van der Waals surface area contributed by atoms with Crippen molar-refractivity contribution in [1.29, 1.82) is 0 Å². The third kappa shape index (κ3) is 3.15. The van der Waals surface area contributed by atoms with Crippen molar-refractivity contribution < 1.29 is 14.6 Å². The average molecular weight is 361 g/mol. The smallest absolute Gasteiger partial charge is 0.229 e. The summed E-state index contributed by atoms with van der Waals surface area (Å²) >= 11 is 0. The fourth-order valence-corrected chi connectivity index (χ4v) is 2.65. The van der Waals surface area contributed by atoms with Gasteiger partial charge in [0.15, 0.2) is 11.9 Å². The number of ether oxygens (including phenoxy) is 1. The standard InChI is InChI=1S/C19H15N5O3/c1-27-16-5-3-15(4-6-16)24-18-13(10-21-24)9-20-19(23-18)22-14-2-7-17(26)12(8-14)11-25/h2-11,26H,1H3,(H,20,22,23). The first-order chi connectivity index (χ1) is 13.2. The van der Waals surface area contributed by atoms with Gasteiger partial charge in [0, 0.05) is 11.9 Å². The molecule has 0 atom stereocenters. The van der Waals surface area contributed by atoms with Gasteiger partial charge >= 0.3 is 0 Å². The highest BCUT2D eigenvalue weighted by Gasteiger charge is 2.10. The number of carbonyl (C=O) groups excluding carboxylic acids is 1. The zero-order valence-corrected chi connectivity index (χ0v) is 14.3. The van der Waals surface area contributed by atoms with Gasteiger partial charge in [-0.25, -0.2) is 9.67 Å². The van der Waals surface area contributed by atoms with Gasteiger partial charge in [0.2, 0.25) is 5.95 Å². The normalized spacial score (nSPS) is 10.7. The molecule has 4 rings (SSSR count). The van der Waals surface area contributed by atoms with Crippen LogP contribution in [0.15, 0.2) is 54.9 Å². The van der Waals surface area contributed by atoms with Crippen molar-refractivity contribution in [3.05, 3.63) is 60.4 Å². The molecule has 27 heavy (non-hydrogen) atoms. The molecule has 2 N–H and O–H groups in total. The van der Waals surface area contributed by atoms with Crippen LogP contribution in [0.3, 0.4) is 0 Å². The maximum atomic E-state index is 11.0. The number of hydrogen-bond donors (Lipinski definition) is 2. The molecular formula is C19H15N5O3. The highest BCUT2D eigenvalue weighted by Crippen LogP contribution is 2.23. The first kappa shape index (κ1) is 16.5. The summed E-state index contributed by atoms with van der Waals surface area (Å²) in [6, 6.07) is 12.1. The Bertz CT molecular complexity index is 1120. The number of rotatable bonds is 5. The Morgan fingerprint density at radius 3 is 2.70 bits per heavy atom. The Morgan fingerprint density at radius 2 is 1.96 bits per heavy atom. The molecule has 0 aliphatic rings. The van der Waals surface area contributed by atoms with Crippen LogP contribution in [0.5, 0.6) is 11.5 Å². The third-order valence-corrected chi connectivity index (χ3v) is 4.04. The van der Waals surface area contributed by atoms with Crippen LogP contribution in [0.4, 0.5) is 11.6 Å². The van der Waals surface area contributed by atoms with Crippen molar-refractivity contribution in [1.82, 2.24) is 19.7 Å². The lowest BCUT2D eigenvalue weighted by atomic mass is 10.2. The second-order valence-corrected chi connectivity index (χ2v) is 5.74. The lowest BCUT2D eigenvalue weighted by Crippen LogP contribution is -2.01. The number of nitrogens with zero attached hydrogens (tertiary/aromatic N) is 4. The highest BCUT2D eigenvalue weighted by atomic mass is 16.5. The van der Waals surface area contributed by atoms with Gasteiger partial charge in [-0.1, -0.05) is 0 Å². The van der Waals surface area contributed by atoms with Crippen LogP contribution in [0.2, 0.25) is 0 Å². The molecule has 0 unspecified atom stereocenters. The van der Waals surface area contributed by atoms with Crippen molar-refractivity contribution in [2.75, 3.05) is 12.4 Å². The molecule has 0 radical (unpaired) electrons. The van der Waals surface area contributed by atoms with E-state index < -0.39 is 0 Å². The van der Waals surface area contributed by atoms with E-state index in [2.05, 4.69) is 20.4 Å². The molecule has 0 bridgehead atoms. The zero-order chi connectivity index (χ0) is 18.8. The summed E-state index contributed by atoms with van der Waals surface area (Å²) in [4.78, 5) is 19.8. The second-order valence-electron chi connectivity index (χ2n) is 5.74. The predicted octanol–water partition coefficient (Wildman–Crippen LogP) is 3.09. The zero-order valence-electron chi connectivity index (χ0n) is 14.3. The number of aromatic nitrogens is 4. The minimum atomic E-state index is -0.0792. The molecule has 0 spiro atoms. The summed E-state index contributed by atoms with van der Waals surface area (Å²) in [5.74, 6) is 1.02. The van der Waals surface area contributed by atoms with E-state index in [0.717, 1.165) is 16.8 Å². The number of benzene rings is 2. The minimum Gasteiger partial charge on any atom is -0.507 e. The second kappa shape index (κ2) is 6.75. The number of carbonyl (C=O) groups is 1. The monoisotopic (exact) mass is 361 g/mol. The first-order valence-electron chi connectivity index (χ1n) is 8.08. The SMILES string of the molecule is COc1ccc(-n2ncc3cnc(Nc4ccc(O)c(C=O)c4)nc32)cc1. The van der Waals surface area contributed by atoms with Crippen LogP contribution in [-0.4, -0.2) is 38.3 Å². The predicted molar refractivity (Wildman–Crippen MR) is 100.0 cm³/mol. The van der Waals surface area contributed by atoms with E-state index in [-0.39, 0.29) is 11.3 Å². The van der Waals surface area contributed by atoms with Crippen molar-refractivity contribution in [2.24, 2.45) is 0 Å². The summed E-state index contributed by atoms with van der Waals surface area (Å²) in [7, 11) is 1.61. The van der Waals surface area contributed by atoms with E-state index in [0.29, 0.717) is 23.6 Å². The van der Waals surface area contributed by atoms with E-state index >= 15 is 0 Å². The van der Waals surface area contributed by atoms with Crippen molar-refractivity contribution in [3.8, 4) is 17.2 Å². The number of aromatic hydroxyl groups is 1. The lowest BCUT2D eigenvalue weighted by molar-refractivity contribution is 0.112. The van der Waals surface area contributed by atoms with Gasteiger partial charge in [0.05, 0.1) is 29.9 Å². The van der Waals surface area contributed by atoms with E-state index in [9.17, 15) is 9.90 Å². The van der Waals surface area contributed by atoms with E-state index in [1.54, 1.807) is 30.3 Å². The van der Waals surface area contributed by atoms with Gasteiger partial charge < -0.3 is 15.2 Å². The molecule has 134 valence electrons. The largest absolute Gasteiger partial charge is 0.507 e. The number of anilines is 2. The maximum Gasteiger partial charge on any atom is 0.229 e. The molecule has 0 aliphatic carbocycles. The summed E-state index contributed by atoms with van der Waals surface area (Å²) in [5, 5.41) is 17.8. The van der Waals surface area contributed by atoms with Crippen molar-refractivity contribution in [3.63, 3.8) is 0 Å². The van der Waals surface area contributed by atoms with Crippen LogP contribution >= 0.6 is 0 Å². The van der Waals surface area contributed by atoms with Crippen molar-refractivity contribution >= 4 is 29.0 Å². The Morgan fingerprint density at radius 1 is 1.15 bits per heavy atom. The number of phenols is 1. The lowest BCUT2D eigenvalue weighted by Gasteiger charge is -2.08. The van der Waals surface area contributed by atoms with Gasteiger partial charge in [0.1, 0.15) is 11.5 Å². The van der Waals surface area contributed by atoms with Gasteiger partial charge in [-0.05, 0) is 42.5 Å². The minimum absolute atomic E-state index is 0.0792. The summed E-state index contributed by atoms with van der Waals surface area (Å²) < 4.78 is 6.88. The Balaban J connectivity index is 1.70. The molecule has 0 aliphatic heterocycles. The average Bonchev–Trinajstić information content (AvgIpc) is 3.13. The molecular weight excluding hydrogens is 346 g/mol. The fourth-order valence-electron chi connectivity index (χ4n) is 2.65. The number of nitrogens with one attached hydrogen (secondary N) is 1. The summed E-state index contributed by atoms with van der Waals surface area (Å²) in [5.41, 5.74) is 2.24. The molecule has 0 amide bonds. The van der Waals surface area contributed by atoms with Crippen LogP contribution < -0.4 is 10.1 Å². The third-order valence-electron chi connectivity index (χ3n) is 4.04.